The van der Waals surface area contributed by atoms with Crippen LogP contribution in [-0.2, 0) is 4.74 Å². The number of aliphatic hydroxyl groups excluding tert-OH is 2. The van der Waals surface area contributed by atoms with Crippen molar-refractivity contribution in [3.05, 3.63) is 0 Å². The van der Waals surface area contributed by atoms with Gasteiger partial charge in [0.1, 0.15) is 0 Å². The second kappa shape index (κ2) is 1.63. The molecule has 1 heterocycles. The van der Waals surface area contributed by atoms with Gasteiger partial charge in [0.15, 0.2) is 6.29 Å². The van der Waals surface area contributed by atoms with E-state index >= 15 is 0 Å². The highest BCUT2D eigenvalue weighted by atomic mass is 16.6. The van der Waals surface area contributed by atoms with Crippen LogP contribution in [0.1, 0.15) is 19.3 Å². The van der Waals surface area contributed by atoms with Crippen molar-refractivity contribution < 1.29 is 14.9 Å². The van der Waals surface area contributed by atoms with E-state index in [1.807, 2.05) is 0 Å². The van der Waals surface area contributed by atoms with Gasteiger partial charge < -0.3 is 14.9 Å². The molecule has 0 aromatic rings. The molecule has 1 saturated heterocycles. The highest BCUT2D eigenvalue weighted by Crippen LogP contribution is 2.59. The third kappa shape index (κ3) is 0.604. The molecule has 3 heteroatoms. The fourth-order valence-corrected chi connectivity index (χ4v) is 3.17. The zero-order valence-electron chi connectivity index (χ0n) is 6.23. The molecule has 3 rings (SSSR count). The van der Waals surface area contributed by atoms with Gasteiger partial charge >= 0.3 is 0 Å². The van der Waals surface area contributed by atoms with E-state index in [9.17, 15) is 10.2 Å². The Morgan fingerprint density at radius 3 is 2.45 bits per heavy atom. The smallest absolute Gasteiger partial charge is 0.158 e. The zero-order chi connectivity index (χ0) is 7.64. The molecule has 2 aliphatic carbocycles. The number of fused-ring (bicyclic) bond motifs is 3. The molecule has 5 unspecified atom stereocenters. The molecule has 1 aliphatic heterocycles. The molecule has 3 bridgehead atoms. The highest BCUT2D eigenvalue weighted by Gasteiger charge is 2.64. The van der Waals surface area contributed by atoms with Crippen molar-refractivity contribution >= 4 is 0 Å². The van der Waals surface area contributed by atoms with E-state index in [4.69, 9.17) is 4.74 Å². The van der Waals surface area contributed by atoms with E-state index in [1.54, 1.807) is 0 Å². The first kappa shape index (κ1) is 6.40. The third-order valence-electron chi connectivity index (χ3n) is 3.58. The van der Waals surface area contributed by atoms with Crippen LogP contribution in [0.4, 0.5) is 0 Å². The van der Waals surface area contributed by atoms with Gasteiger partial charge in [-0.05, 0) is 18.8 Å². The quantitative estimate of drug-likeness (QED) is 0.513. The molecule has 0 radical (unpaired) electrons. The predicted octanol–water partition coefficient (Wildman–Crippen LogP) is -0.135. The van der Waals surface area contributed by atoms with E-state index in [-0.39, 0.29) is 17.6 Å². The molecule has 3 nitrogen and oxygen atoms in total. The van der Waals surface area contributed by atoms with Gasteiger partial charge in [-0.2, -0.15) is 0 Å². The van der Waals surface area contributed by atoms with Crippen LogP contribution in [0.3, 0.4) is 0 Å². The van der Waals surface area contributed by atoms with Crippen molar-refractivity contribution in [1.82, 2.24) is 0 Å². The highest BCUT2D eigenvalue weighted by molar-refractivity contribution is 5.11. The summed E-state index contributed by atoms with van der Waals surface area (Å²) in [5, 5.41) is 18.9. The Morgan fingerprint density at radius 2 is 1.82 bits per heavy atom. The van der Waals surface area contributed by atoms with Crippen LogP contribution in [0, 0.1) is 11.8 Å². The molecule has 2 N–H and O–H groups in total. The lowest BCUT2D eigenvalue weighted by Gasteiger charge is -2.23. The summed E-state index contributed by atoms with van der Waals surface area (Å²) in [4.78, 5) is 0. The predicted molar refractivity (Wildman–Crippen MR) is 36.7 cm³/mol. The molecule has 62 valence electrons. The monoisotopic (exact) mass is 156 g/mol. The fraction of sp³-hybridized carbons (Fsp3) is 1.00. The molecule has 0 amide bonds. The van der Waals surface area contributed by atoms with Gasteiger partial charge in [-0.1, -0.05) is 0 Å². The Labute approximate surface area is 65.0 Å². The molecule has 5 atom stereocenters. The van der Waals surface area contributed by atoms with E-state index < -0.39 is 6.29 Å². The SMILES string of the molecule is OC1CC23CC1C(C2)C(O)O3. The maximum atomic E-state index is 9.52. The molecular weight excluding hydrogens is 144 g/mol. The Kier molecular flexibility index (Phi) is 0.947. The summed E-state index contributed by atoms with van der Waals surface area (Å²) in [5.74, 6) is 0.539. The van der Waals surface area contributed by atoms with Crippen molar-refractivity contribution in [2.45, 2.75) is 37.3 Å². The lowest BCUT2D eigenvalue weighted by atomic mass is 9.87. The summed E-state index contributed by atoms with van der Waals surface area (Å²) < 4.78 is 5.40. The Balaban J connectivity index is 2.00. The average Bonchev–Trinajstić information content (AvgIpc) is 2.46. The van der Waals surface area contributed by atoms with Crippen LogP contribution in [0.15, 0.2) is 0 Å². The topological polar surface area (TPSA) is 49.7 Å². The van der Waals surface area contributed by atoms with Crippen LogP contribution in [-0.4, -0.2) is 28.2 Å². The van der Waals surface area contributed by atoms with Gasteiger partial charge in [0.05, 0.1) is 11.7 Å². The van der Waals surface area contributed by atoms with E-state index in [0.717, 1.165) is 19.3 Å². The van der Waals surface area contributed by atoms with Crippen molar-refractivity contribution in [2.75, 3.05) is 0 Å². The summed E-state index contributed by atoms with van der Waals surface area (Å²) in [7, 11) is 0. The lowest BCUT2D eigenvalue weighted by Crippen LogP contribution is -2.29. The number of hydrogen-bond donors (Lipinski definition) is 2. The van der Waals surface area contributed by atoms with E-state index in [1.165, 1.54) is 0 Å². The van der Waals surface area contributed by atoms with Crippen LogP contribution in [0.5, 0.6) is 0 Å². The minimum absolute atomic E-state index is 0.131. The van der Waals surface area contributed by atoms with Crippen molar-refractivity contribution in [1.29, 1.82) is 0 Å². The van der Waals surface area contributed by atoms with Gasteiger partial charge in [-0.25, -0.2) is 0 Å². The molecule has 3 aliphatic rings. The minimum Gasteiger partial charge on any atom is -0.393 e. The van der Waals surface area contributed by atoms with Crippen LogP contribution in [0.25, 0.3) is 0 Å². The molecule has 1 spiro atoms. The first-order valence-electron chi connectivity index (χ1n) is 4.24. The molecular formula is C8H12O3. The van der Waals surface area contributed by atoms with Gasteiger partial charge in [0, 0.05) is 12.3 Å². The molecule has 0 aromatic heterocycles. The standard InChI is InChI=1S/C8H12O3/c9-6-3-8-1-4(6)5(2-8)7(10)11-8/h4-7,9-10H,1-3H2. The van der Waals surface area contributed by atoms with Crippen LogP contribution >= 0.6 is 0 Å². The number of rotatable bonds is 0. The summed E-state index contributed by atoms with van der Waals surface area (Å²) >= 11 is 0. The summed E-state index contributed by atoms with van der Waals surface area (Å²) in [6.07, 6.45) is 1.87. The van der Waals surface area contributed by atoms with E-state index in [0.29, 0.717) is 5.92 Å². The lowest BCUT2D eigenvalue weighted by molar-refractivity contribution is -0.166. The van der Waals surface area contributed by atoms with Gasteiger partial charge in [0.25, 0.3) is 0 Å². The third-order valence-corrected chi connectivity index (χ3v) is 3.58. The van der Waals surface area contributed by atoms with Crippen LogP contribution < -0.4 is 0 Å². The normalized spacial score (nSPS) is 66.0. The second-order valence-corrected chi connectivity index (χ2v) is 4.20. The number of ether oxygens (including phenoxy) is 1. The van der Waals surface area contributed by atoms with Crippen molar-refractivity contribution in [3.63, 3.8) is 0 Å². The Morgan fingerprint density at radius 1 is 1.09 bits per heavy atom. The minimum atomic E-state index is -0.592. The van der Waals surface area contributed by atoms with Crippen molar-refractivity contribution in [3.8, 4) is 0 Å². The Hall–Kier alpha value is -0.120. The number of hydrogen-bond acceptors (Lipinski definition) is 3. The summed E-state index contributed by atoms with van der Waals surface area (Å²) in [6.45, 7) is 0. The average molecular weight is 156 g/mol. The first-order chi connectivity index (χ1) is 5.20. The van der Waals surface area contributed by atoms with Crippen LogP contribution in [0.2, 0.25) is 0 Å². The maximum Gasteiger partial charge on any atom is 0.158 e. The largest absolute Gasteiger partial charge is 0.393 e. The fourth-order valence-electron chi connectivity index (χ4n) is 3.17. The van der Waals surface area contributed by atoms with Gasteiger partial charge in [-0.3, -0.25) is 0 Å². The number of aliphatic hydroxyl groups is 2. The molecule has 11 heavy (non-hydrogen) atoms. The van der Waals surface area contributed by atoms with Crippen molar-refractivity contribution in [2.24, 2.45) is 11.8 Å². The molecule has 3 fully saturated rings. The molecule has 2 saturated carbocycles. The second-order valence-electron chi connectivity index (χ2n) is 4.20. The Bertz CT molecular complexity index is 174. The molecule has 0 aromatic carbocycles. The van der Waals surface area contributed by atoms with E-state index in [2.05, 4.69) is 0 Å². The maximum absolute atomic E-state index is 9.52. The van der Waals surface area contributed by atoms with Gasteiger partial charge in [-0.15, -0.1) is 0 Å². The first-order valence-corrected chi connectivity index (χ1v) is 4.24. The summed E-state index contributed by atoms with van der Waals surface area (Å²) in [5.41, 5.74) is -0.131. The van der Waals surface area contributed by atoms with Gasteiger partial charge in [0.2, 0.25) is 0 Å². The summed E-state index contributed by atoms with van der Waals surface area (Å²) in [6, 6.07) is 0. The zero-order valence-corrected chi connectivity index (χ0v) is 6.23.